The van der Waals surface area contributed by atoms with E-state index in [4.69, 9.17) is 11.6 Å². The Morgan fingerprint density at radius 2 is 1.84 bits per heavy atom. The van der Waals surface area contributed by atoms with Crippen LogP contribution in [0.2, 0.25) is 0 Å². The fourth-order valence-corrected chi connectivity index (χ4v) is 2.51. The van der Waals surface area contributed by atoms with Crippen molar-refractivity contribution in [2.75, 3.05) is 11.9 Å². The molecule has 1 aromatic carbocycles. The van der Waals surface area contributed by atoms with Gasteiger partial charge >= 0.3 is 0 Å². The van der Waals surface area contributed by atoms with Gasteiger partial charge in [-0.25, -0.2) is 0 Å². The molecule has 3 heteroatoms. The Balaban J connectivity index is 2.49. The largest absolute Gasteiger partial charge is 0.344 e. The SMILES string of the molecule is Cc1ccc(N(C)c2cc(C)ncc2CCl)c(C)c1. The van der Waals surface area contributed by atoms with Crippen molar-refractivity contribution < 1.29 is 0 Å². The third-order valence-corrected chi connectivity index (χ3v) is 3.61. The predicted octanol–water partition coefficient (Wildman–Crippen LogP) is 4.51. The lowest BCUT2D eigenvalue weighted by atomic mass is 10.1. The molecule has 2 nitrogen and oxygen atoms in total. The summed E-state index contributed by atoms with van der Waals surface area (Å²) in [7, 11) is 2.07. The van der Waals surface area contributed by atoms with Crippen LogP contribution in [-0.2, 0) is 5.88 Å². The first-order valence-corrected chi connectivity index (χ1v) is 6.89. The Kier molecular flexibility index (Phi) is 4.11. The topological polar surface area (TPSA) is 16.1 Å². The summed E-state index contributed by atoms with van der Waals surface area (Å²) in [5.74, 6) is 0.470. The monoisotopic (exact) mass is 274 g/mol. The van der Waals surface area contributed by atoms with Gasteiger partial charge in [0.2, 0.25) is 0 Å². The van der Waals surface area contributed by atoms with Gasteiger partial charge < -0.3 is 4.90 Å². The van der Waals surface area contributed by atoms with Crippen LogP contribution in [0.1, 0.15) is 22.4 Å². The Bertz CT molecular complexity index is 593. The summed E-state index contributed by atoms with van der Waals surface area (Å²) in [5.41, 5.74) is 6.91. The highest BCUT2D eigenvalue weighted by Gasteiger charge is 2.11. The molecule has 1 heterocycles. The van der Waals surface area contributed by atoms with Gasteiger partial charge in [-0.2, -0.15) is 0 Å². The number of hydrogen-bond acceptors (Lipinski definition) is 2. The van der Waals surface area contributed by atoms with Gasteiger partial charge in [0.05, 0.1) is 5.88 Å². The lowest BCUT2D eigenvalue weighted by molar-refractivity contribution is 1.10. The number of benzene rings is 1. The van der Waals surface area contributed by atoms with E-state index < -0.39 is 0 Å². The third kappa shape index (κ3) is 2.90. The highest BCUT2D eigenvalue weighted by molar-refractivity contribution is 6.17. The average molecular weight is 275 g/mol. The Morgan fingerprint density at radius 1 is 1.11 bits per heavy atom. The first-order chi connectivity index (χ1) is 9.02. The van der Waals surface area contributed by atoms with Gasteiger partial charge in [0.25, 0.3) is 0 Å². The molecule has 0 bridgehead atoms. The van der Waals surface area contributed by atoms with Crippen molar-refractivity contribution in [1.82, 2.24) is 4.98 Å². The van der Waals surface area contributed by atoms with E-state index >= 15 is 0 Å². The summed E-state index contributed by atoms with van der Waals surface area (Å²) in [4.78, 5) is 6.49. The molecule has 0 aliphatic carbocycles. The molecule has 0 aliphatic rings. The van der Waals surface area contributed by atoms with Crippen LogP contribution in [0.3, 0.4) is 0 Å². The number of hydrogen-bond donors (Lipinski definition) is 0. The standard InChI is InChI=1S/C16H19ClN2/c1-11-5-6-15(12(2)7-11)19(4)16-8-13(3)18-10-14(16)9-17/h5-8,10H,9H2,1-4H3. The van der Waals surface area contributed by atoms with Gasteiger partial charge in [-0.3, -0.25) is 4.98 Å². The van der Waals surface area contributed by atoms with E-state index in [1.54, 1.807) is 0 Å². The molecule has 0 fully saturated rings. The van der Waals surface area contributed by atoms with E-state index in [9.17, 15) is 0 Å². The van der Waals surface area contributed by atoms with Gasteiger partial charge in [-0.15, -0.1) is 11.6 Å². The number of nitrogens with zero attached hydrogens (tertiary/aromatic N) is 2. The Labute approximate surface area is 120 Å². The van der Waals surface area contributed by atoms with Crippen molar-refractivity contribution in [2.45, 2.75) is 26.7 Å². The number of rotatable bonds is 3. The zero-order valence-electron chi connectivity index (χ0n) is 11.9. The smallest absolute Gasteiger partial charge is 0.0510 e. The molecule has 2 rings (SSSR count). The summed E-state index contributed by atoms with van der Waals surface area (Å²) >= 11 is 6.01. The molecule has 2 aromatic rings. The van der Waals surface area contributed by atoms with Gasteiger partial charge in [0.1, 0.15) is 0 Å². The van der Waals surface area contributed by atoms with Crippen LogP contribution in [0, 0.1) is 20.8 Å². The Hall–Kier alpha value is -1.54. The molecule has 0 saturated heterocycles. The van der Waals surface area contributed by atoms with Crippen molar-refractivity contribution >= 4 is 23.0 Å². The van der Waals surface area contributed by atoms with Gasteiger partial charge in [0.15, 0.2) is 0 Å². The maximum absolute atomic E-state index is 6.01. The third-order valence-electron chi connectivity index (χ3n) is 3.32. The molecule has 0 radical (unpaired) electrons. The number of aryl methyl sites for hydroxylation is 3. The predicted molar refractivity (Wildman–Crippen MR) is 82.5 cm³/mol. The molecular formula is C16H19ClN2. The second-order valence-corrected chi connectivity index (χ2v) is 5.20. The molecule has 0 atom stereocenters. The lowest BCUT2D eigenvalue weighted by Gasteiger charge is -2.24. The molecule has 19 heavy (non-hydrogen) atoms. The molecule has 1 aromatic heterocycles. The van der Waals surface area contributed by atoms with Crippen molar-refractivity contribution in [1.29, 1.82) is 0 Å². The van der Waals surface area contributed by atoms with Crippen molar-refractivity contribution in [2.24, 2.45) is 0 Å². The molecule has 0 amide bonds. The number of halogens is 1. The van der Waals surface area contributed by atoms with Crippen LogP contribution in [0.4, 0.5) is 11.4 Å². The summed E-state index contributed by atoms with van der Waals surface area (Å²) < 4.78 is 0. The van der Waals surface area contributed by atoms with Gasteiger partial charge in [-0.05, 0) is 38.5 Å². The fourth-order valence-electron chi connectivity index (χ4n) is 2.30. The van der Waals surface area contributed by atoms with Crippen molar-refractivity contribution in [3.63, 3.8) is 0 Å². The highest BCUT2D eigenvalue weighted by atomic mass is 35.5. The molecule has 0 saturated carbocycles. The molecule has 100 valence electrons. The molecule has 0 spiro atoms. The second-order valence-electron chi connectivity index (χ2n) is 4.94. The maximum atomic E-state index is 6.01. The summed E-state index contributed by atoms with van der Waals surface area (Å²) in [5, 5.41) is 0. The first-order valence-electron chi connectivity index (χ1n) is 6.35. The fraction of sp³-hybridized carbons (Fsp3) is 0.312. The molecule has 0 N–H and O–H groups in total. The van der Waals surface area contributed by atoms with E-state index in [1.807, 2.05) is 13.1 Å². The summed E-state index contributed by atoms with van der Waals surface area (Å²) in [6, 6.07) is 8.56. The lowest BCUT2D eigenvalue weighted by Crippen LogP contribution is -2.13. The quantitative estimate of drug-likeness (QED) is 0.766. The van der Waals surface area contributed by atoms with E-state index in [2.05, 4.69) is 55.0 Å². The Morgan fingerprint density at radius 3 is 2.47 bits per heavy atom. The van der Waals surface area contributed by atoms with Gasteiger partial charge in [-0.1, -0.05) is 17.7 Å². The van der Waals surface area contributed by atoms with Crippen LogP contribution in [0.25, 0.3) is 0 Å². The molecule has 0 unspecified atom stereocenters. The zero-order valence-corrected chi connectivity index (χ0v) is 12.6. The van der Waals surface area contributed by atoms with Crippen LogP contribution >= 0.6 is 11.6 Å². The van der Waals surface area contributed by atoms with E-state index in [0.29, 0.717) is 5.88 Å². The maximum Gasteiger partial charge on any atom is 0.0510 e. The minimum absolute atomic E-state index is 0.470. The zero-order chi connectivity index (χ0) is 14.0. The van der Waals surface area contributed by atoms with Gasteiger partial charge in [0, 0.05) is 35.9 Å². The van der Waals surface area contributed by atoms with E-state index in [1.165, 1.54) is 16.8 Å². The minimum Gasteiger partial charge on any atom is -0.344 e. The minimum atomic E-state index is 0.470. The number of aromatic nitrogens is 1. The van der Waals surface area contributed by atoms with Crippen molar-refractivity contribution in [3.8, 4) is 0 Å². The van der Waals surface area contributed by atoms with Crippen molar-refractivity contribution in [3.05, 3.63) is 52.8 Å². The number of alkyl halides is 1. The molecule has 0 aliphatic heterocycles. The first kappa shape index (κ1) is 13.9. The van der Waals surface area contributed by atoms with E-state index in [0.717, 1.165) is 16.9 Å². The number of anilines is 2. The summed E-state index contributed by atoms with van der Waals surface area (Å²) in [6.07, 6.45) is 1.86. The normalized spacial score (nSPS) is 10.6. The van der Waals surface area contributed by atoms with E-state index in [-0.39, 0.29) is 0 Å². The summed E-state index contributed by atoms with van der Waals surface area (Å²) in [6.45, 7) is 6.24. The average Bonchev–Trinajstić information content (AvgIpc) is 2.38. The number of pyridine rings is 1. The highest BCUT2D eigenvalue weighted by Crippen LogP contribution is 2.30. The van der Waals surface area contributed by atoms with Crippen LogP contribution in [0.5, 0.6) is 0 Å². The molecular weight excluding hydrogens is 256 g/mol. The van der Waals surface area contributed by atoms with Crippen LogP contribution in [0.15, 0.2) is 30.5 Å². The van der Waals surface area contributed by atoms with Crippen LogP contribution in [-0.4, -0.2) is 12.0 Å². The second kappa shape index (κ2) is 5.62. The van der Waals surface area contributed by atoms with Crippen LogP contribution < -0.4 is 4.90 Å².